The van der Waals surface area contributed by atoms with Gasteiger partial charge in [0.2, 0.25) is 5.91 Å². The van der Waals surface area contributed by atoms with Crippen molar-refractivity contribution in [2.45, 2.75) is 38.6 Å². The van der Waals surface area contributed by atoms with Crippen LogP contribution in [-0.4, -0.2) is 63.4 Å². The molecule has 0 unspecified atom stereocenters. The molecule has 29 heavy (non-hydrogen) atoms. The van der Waals surface area contributed by atoms with Crippen molar-refractivity contribution >= 4 is 12.0 Å². The summed E-state index contributed by atoms with van der Waals surface area (Å²) in [5.41, 5.74) is 0.912. The van der Waals surface area contributed by atoms with Gasteiger partial charge < -0.3 is 19.5 Å². The van der Waals surface area contributed by atoms with Gasteiger partial charge in [0, 0.05) is 31.8 Å². The van der Waals surface area contributed by atoms with Gasteiger partial charge >= 0.3 is 0 Å². The number of hydrogen-bond donors (Lipinski definition) is 1. The van der Waals surface area contributed by atoms with Crippen LogP contribution in [0, 0.1) is 5.92 Å². The van der Waals surface area contributed by atoms with E-state index in [4.69, 9.17) is 14.2 Å². The van der Waals surface area contributed by atoms with Crippen LogP contribution in [0.4, 0.5) is 0 Å². The van der Waals surface area contributed by atoms with Crippen LogP contribution in [0.5, 0.6) is 11.5 Å². The van der Waals surface area contributed by atoms with Crippen LogP contribution in [0.1, 0.15) is 38.2 Å². The second kappa shape index (κ2) is 11.2. The second-order valence-corrected chi connectivity index (χ2v) is 8.01. The first-order valence-corrected chi connectivity index (χ1v) is 10.7. The highest BCUT2D eigenvalue weighted by molar-refractivity contribution is 5.92. The molecule has 2 aliphatic rings. The minimum atomic E-state index is -0.0330. The lowest BCUT2D eigenvalue weighted by molar-refractivity contribution is -0.117. The number of carbonyl (C=O) groups is 1. The Balaban J connectivity index is 1.48. The molecule has 0 radical (unpaired) electrons. The second-order valence-electron chi connectivity index (χ2n) is 8.01. The molecule has 1 aromatic carbocycles. The minimum Gasteiger partial charge on any atom is -0.493 e. The van der Waals surface area contributed by atoms with Crippen molar-refractivity contribution < 1.29 is 19.0 Å². The number of ether oxygens (including phenoxy) is 3. The minimum absolute atomic E-state index is 0.0330. The van der Waals surface area contributed by atoms with Crippen molar-refractivity contribution in [1.82, 2.24) is 10.2 Å². The van der Waals surface area contributed by atoms with Crippen molar-refractivity contribution in [1.29, 1.82) is 0 Å². The summed E-state index contributed by atoms with van der Waals surface area (Å²) in [6, 6.07) is 6.05. The molecular formula is C23H34N2O4. The molecule has 0 atom stereocenters. The molecule has 0 spiro atoms. The fourth-order valence-corrected chi connectivity index (χ4v) is 3.84. The lowest BCUT2D eigenvalue weighted by atomic mass is 9.87. The highest BCUT2D eigenvalue weighted by Crippen LogP contribution is 2.28. The van der Waals surface area contributed by atoms with Crippen LogP contribution in [0.2, 0.25) is 0 Å². The average Bonchev–Trinajstić information content (AvgIpc) is 2.75. The molecule has 160 valence electrons. The van der Waals surface area contributed by atoms with Crippen molar-refractivity contribution in [3.05, 3.63) is 29.8 Å². The van der Waals surface area contributed by atoms with E-state index >= 15 is 0 Å². The van der Waals surface area contributed by atoms with E-state index in [9.17, 15) is 4.79 Å². The highest BCUT2D eigenvalue weighted by Gasteiger charge is 2.18. The van der Waals surface area contributed by atoms with E-state index in [1.165, 1.54) is 12.8 Å². The molecule has 1 amide bonds. The SMILES string of the molecule is COc1cc(C=CC(=O)N[C@H]2CC[C@H](C)CC2)ccc1OCCN1CCOCC1. The zero-order valence-electron chi connectivity index (χ0n) is 17.7. The first-order chi connectivity index (χ1) is 14.1. The summed E-state index contributed by atoms with van der Waals surface area (Å²) in [5.74, 6) is 2.14. The number of benzene rings is 1. The van der Waals surface area contributed by atoms with Crippen molar-refractivity contribution in [2.75, 3.05) is 46.6 Å². The Bertz CT molecular complexity index is 677. The van der Waals surface area contributed by atoms with Gasteiger partial charge in [-0.05, 0) is 55.4 Å². The number of carbonyl (C=O) groups excluding carboxylic acids is 1. The average molecular weight is 403 g/mol. The topological polar surface area (TPSA) is 60.0 Å². The quantitative estimate of drug-likeness (QED) is 0.677. The lowest BCUT2D eigenvalue weighted by Gasteiger charge is -2.26. The van der Waals surface area contributed by atoms with Crippen LogP contribution in [0.25, 0.3) is 6.08 Å². The molecule has 1 saturated heterocycles. The summed E-state index contributed by atoms with van der Waals surface area (Å²) in [5, 5.41) is 3.11. The monoisotopic (exact) mass is 402 g/mol. The van der Waals surface area contributed by atoms with Gasteiger partial charge in [-0.3, -0.25) is 9.69 Å². The number of rotatable bonds is 8. The summed E-state index contributed by atoms with van der Waals surface area (Å²) in [4.78, 5) is 14.5. The van der Waals surface area contributed by atoms with Crippen molar-refractivity contribution in [3.63, 3.8) is 0 Å². The van der Waals surface area contributed by atoms with Crippen molar-refractivity contribution in [2.24, 2.45) is 5.92 Å². The third-order valence-corrected chi connectivity index (χ3v) is 5.75. The van der Waals surface area contributed by atoms with Gasteiger partial charge in [-0.2, -0.15) is 0 Å². The predicted octanol–water partition coefficient (Wildman–Crippen LogP) is 3.11. The maximum Gasteiger partial charge on any atom is 0.244 e. The molecule has 0 aromatic heterocycles. The van der Waals surface area contributed by atoms with Crippen LogP contribution >= 0.6 is 0 Å². The number of amides is 1. The van der Waals surface area contributed by atoms with Gasteiger partial charge in [-0.1, -0.05) is 13.0 Å². The van der Waals surface area contributed by atoms with Gasteiger partial charge in [-0.25, -0.2) is 0 Å². The van der Waals surface area contributed by atoms with E-state index in [0.717, 1.165) is 62.9 Å². The van der Waals surface area contributed by atoms with Gasteiger partial charge in [0.15, 0.2) is 11.5 Å². The Morgan fingerprint density at radius 2 is 1.97 bits per heavy atom. The maximum atomic E-state index is 12.2. The van der Waals surface area contributed by atoms with Crippen molar-refractivity contribution in [3.8, 4) is 11.5 Å². The molecule has 1 aromatic rings. The molecule has 1 saturated carbocycles. The van der Waals surface area contributed by atoms with E-state index < -0.39 is 0 Å². The molecule has 2 fully saturated rings. The summed E-state index contributed by atoms with van der Waals surface area (Å²) in [6.07, 6.45) is 7.96. The van der Waals surface area contributed by atoms with Crippen LogP contribution < -0.4 is 14.8 Å². The van der Waals surface area contributed by atoms with Crippen LogP contribution in [0.15, 0.2) is 24.3 Å². The molecule has 0 bridgehead atoms. The summed E-state index contributed by atoms with van der Waals surface area (Å²) in [7, 11) is 1.63. The lowest BCUT2D eigenvalue weighted by Crippen LogP contribution is -2.38. The first-order valence-electron chi connectivity index (χ1n) is 10.7. The van der Waals surface area contributed by atoms with E-state index in [0.29, 0.717) is 18.4 Å². The molecule has 3 rings (SSSR count). The van der Waals surface area contributed by atoms with Crippen LogP contribution in [0.3, 0.4) is 0 Å². The van der Waals surface area contributed by atoms with E-state index in [-0.39, 0.29) is 5.91 Å². The Kier molecular flexibility index (Phi) is 8.38. The molecular weight excluding hydrogens is 368 g/mol. The third-order valence-electron chi connectivity index (χ3n) is 5.75. The molecule has 6 heteroatoms. The Labute approximate surface area is 174 Å². The van der Waals surface area contributed by atoms with Crippen LogP contribution in [-0.2, 0) is 9.53 Å². The zero-order chi connectivity index (χ0) is 20.5. The number of hydrogen-bond acceptors (Lipinski definition) is 5. The number of nitrogens with zero attached hydrogens (tertiary/aromatic N) is 1. The highest BCUT2D eigenvalue weighted by atomic mass is 16.5. The van der Waals surface area contributed by atoms with Gasteiger partial charge in [-0.15, -0.1) is 0 Å². The Morgan fingerprint density at radius 1 is 1.21 bits per heavy atom. The van der Waals surface area contributed by atoms with Gasteiger partial charge in [0.05, 0.1) is 20.3 Å². The number of methoxy groups -OCH3 is 1. The molecule has 1 aliphatic carbocycles. The summed E-state index contributed by atoms with van der Waals surface area (Å²) < 4.78 is 16.7. The fraction of sp³-hybridized carbons (Fsp3) is 0.609. The molecule has 1 heterocycles. The molecule has 1 N–H and O–H groups in total. The van der Waals surface area contributed by atoms with E-state index in [1.54, 1.807) is 13.2 Å². The largest absolute Gasteiger partial charge is 0.493 e. The first kappa shape index (κ1) is 21.7. The summed E-state index contributed by atoms with van der Waals surface area (Å²) in [6.45, 7) is 7.23. The number of morpholine rings is 1. The van der Waals surface area contributed by atoms with Gasteiger partial charge in [0.1, 0.15) is 6.61 Å². The fourth-order valence-electron chi connectivity index (χ4n) is 3.84. The maximum absolute atomic E-state index is 12.2. The standard InChI is InChI=1S/C23H34N2O4/c1-18-3-7-20(8-4-18)24-23(26)10-6-19-5-9-21(22(17-19)27-2)29-16-13-25-11-14-28-15-12-25/h5-6,9-10,17-18,20H,3-4,7-8,11-16H2,1-2H3,(H,24,26)/t18-,20-. The van der Waals surface area contributed by atoms with Gasteiger partial charge in [0.25, 0.3) is 0 Å². The Hall–Kier alpha value is -2.05. The number of nitrogens with one attached hydrogen (secondary N) is 1. The van der Waals surface area contributed by atoms with E-state index in [2.05, 4.69) is 17.1 Å². The zero-order valence-corrected chi connectivity index (χ0v) is 17.7. The molecule has 6 nitrogen and oxygen atoms in total. The molecule has 1 aliphatic heterocycles. The Morgan fingerprint density at radius 3 is 2.69 bits per heavy atom. The summed E-state index contributed by atoms with van der Waals surface area (Å²) >= 11 is 0. The third kappa shape index (κ3) is 7.05. The predicted molar refractivity (Wildman–Crippen MR) is 114 cm³/mol. The smallest absolute Gasteiger partial charge is 0.244 e. The van der Waals surface area contributed by atoms with E-state index in [1.807, 2.05) is 24.3 Å². The normalized spacial score (nSPS) is 23.1.